The summed E-state index contributed by atoms with van der Waals surface area (Å²) >= 11 is 0. The summed E-state index contributed by atoms with van der Waals surface area (Å²) in [6.07, 6.45) is 6.37. The van der Waals surface area contributed by atoms with Crippen LogP contribution in [-0.2, 0) is 0 Å². The Kier molecular flexibility index (Phi) is 3.54. The van der Waals surface area contributed by atoms with E-state index in [-0.39, 0.29) is 11.5 Å². The lowest BCUT2D eigenvalue weighted by Crippen LogP contribution is -2.15. The van der Waals surface area contributed by atoms with Crippen LogP contribution in [-0.4, -0.2) is 16.8 Å². The first kappa shape index (κ1) is 11.1. The van der Waals surface area contributed by atoms with E-state index in [2.05, 4.69) is 0 Å². The molecule has 0 atom stereocenters. The van der Waals surface area contributed by atoms with Crippen LogP contribution in [0.2, 0.25) is 0 Å². The number of rotatable bonds is 3. The maximum absolute atomic E-state index is 9.29. The molecular formula is C13H18O3. The molecule has 0 unspecified atom stereocenters. The molecule has 16 heavy (non-hydrogen) atoms. The van der Waals surface area contributed by atoms with Crippen molar-refractivity contribution >= 4 is 0 Å². The van der Waals surface area contributed by atoms with Crippen molar-refractivity contribution < 1.29 is 14.9 Å². The molecule has 2 rings (SSSR count). The van der Waals surface area contributed by atoms with Crippen LogP contribution < -0.4 is 4.74 Å². The predicted molar refractivity (Wildman–Crippen MR) is 61.8 cm³/mol. The molecule has 0 heterocycles. The second-order valence-corrected chi connectivity index (χ2v) is 4.50. The van der Waals surface area contributed by atoms with E-state index in [1.807, 2.05) is 0 Å². The number of hydrogen-bond donors (Lipinski definition) is 2. The molecule has 3 nitrogen and oxygen atoms in total. The SMILES string of the molecule is Oc1cc(O)cc(OCC2CCCCC2)c1. The Labute approximate surface area is 95.7 Å². The van der Waals surface area contributed by atoms with Crippen molar-refractivity contribution in [2.75, 3.05) is 6.61 Å². The number of phenolic OH excluding ortho intramolecular Hbond substituents is 2. The van der Waals surface area contributed by atoms with Gasteiger partial charge in [0.2, 0.25) is 0 Å². The van der Waals surface area contributed by atoms with E-state index in [1.165, 1.54) is 50.3 Å². The molecule has 88 valence electrons. The van der Waals surface area contributed by atoms with E-state index in [1.54, 1.807) is 0 Å². The lowest BCUT2D eigenvalue weighted by atomic mass is 9.90. The fourth-order valence-corrected chi connectivity index (χ4v) is 2.22. The smallest absolute Gasteiger partial charge is 0.126 e. The van der Waals surface area contributed by atoms with Gasteiger partial charge in [-0.05, 0) is 18.8 Å². The number of phenols is 2. The average molecular weight is 222 g/mol. The highest BCUT2D eigenvalue weighted by Crippen LogP contribution is 2.28. The summed E-state index contributed by atoms with van der Waals surface area (Å²) in [5.74, 6) is 1.25. The molecule has 2 N–H and O–H groups in total. The quantitative estimate of drug-likeness (QED) is 0.826. The van der Waals surface area contributed by atoms with Gasteiger partial charge in [0.25, 0.3) is 0 Å². The van der Waals surface area contributed by atoms with Crippen LogP contribution in [0.25, 0.3) is 0 Å². The first-order valence-electron chi connectivity index (χ1n) is 5.90. The van der Waals surface area contributed by atoms with Crippen LogP contribution in [0.1, 0.15) is 32.1 Å². The van der Waals surface area contributed by atoms with Crippen LogP contribution in [0.15, 0.2) is 18.2 Å². The molecule has 0 bridgehead atoms. The molecule has 1 aliphatic rings. The highest BCUT2D eigenvalue weighted by atomic mass is 16.5. The van der Waals surface area contributed by atoms with Gasteiger partial charge in [0.05, 0.1) is 6.61 Å². The molecule has 1 aromatic carbocycles. The Morgan fingerprint density at radius 1 is 1.00 bits per heavy atom. The molecule has 1 aromatic rings. The summed E-state index contributed by atoms with van der Waals surface area (Å²) in [4.78, 5) is 0. The third-order valence-electron chi connectivity index (χ3n) is 3.09. The summed E-state index contributed by atoms with van der Waals surface area (Å²) in [7, 11) is 0. The van der Waals surface area contributed by atoms with E-state index in [0.717, 1.165) is 0 Å². The highest BCUT2D eigenvalue weighted by molar-refractivity contribution is 5.40. The van der Waals surface area contributed by atoms with Gasteiger partial charge in [-0.2, -0.15) is 0 Å². The van der Waals surface area contributed by atoms with Gasteiger partial charge in [-0.3, -0.25) is 0 Å². The standard InChI is InChI=1S/C13H18O3/c14-11-6-12(15)8-13(7-11)16-9-10-4-2-1-3-5-10/h6-8,10,14-15H,1-5,9H2. The molecule has 1 saturated carbocycles. The molecule has 1 fully saturated rings. The summed E-state index contributed by atoms with van der Waals surface area (Å²) in [6, 6.07) is 4.36. The van der Waals surface area contributed by atoms with Crippen LogP contribution in [0.4, 0.5) is 0 Å². The molecular weight excluding hydrogens is 204 g/mol. The zero-order valence-corrected chi connectivity index (χ0v) is 9.35. The molecule has 0 amide bonds. The Morgan fingerprint density at radius 2 is 1.62 bits per heavy atom. The van der Waals surface area contributed by atoms with Gasteiger partial charge < -0.3 is 14.9 Å². The van der Waals surface area contributed by atoms with Crippen molar-refractivity contribution in [3.8, 4) is 17.2 Å². The molecule has 0 radical (unpaired) electrons. The van der Waals surface area contributed by atoms with E-state index in [9.17, 15) is 10.2 Å². The largest absolute Gasteiger partial charge is 0.508 e. The molecule has 0 saturated heterocycles. The van der Waals surface area contributed by atoms with Gasteiger partial charge in [-0.15, -0.1) is 0 Å². The van der Waals surface area contributed by atoms with Crippen LogP contribution in [0.3, 0.4) is 0 Å². The number of aromatic hydroxyl groups is 2. The average Bonchev–Trinajstić information content (AvgIpc) is 2.27. The first-order chi connectivity index (χ1) is 7.74. The first-order valence-corrected chi connectivity index (χ1v) is 5.90. The van der Waals surface area contributed by atoms with Crippen molar-refractivity contribution in [3.05, 3.63) is 18.2 Å². The Morgan fingerprint density at radius 3 is 2.25 bits per heavy atom. The lowest BCUT2D eigenvalue weighted by molar-refractivity contribution is 0.208. The fourth-order valence-electron chi connectivity index (χ4n) is 2.22. The number of ether oxygens (including phenoxy) is 1. The van der Waals surface area contributed by atoms with Gasteiger partial charge in [0, 0.05) is 18.2 Å². The zero-order chi connectivity index (χ0) is 11.4. The summed E-state index contributed by atoms with van der Waals surface area (Å²) in [5, 5.41) is 18.6. The lowest BCUT2D eigenvalue weighted by Gasteiger charge is -2.21. The maximum atomic E-state index is 9.29. The molecule has 0 aromatic heterocycles. The van der Waals surface area contributed by atoms with Crippen LogP contribution >= 0.6 is 0 Å². The highest BCUT2D eigenvalue weighted by Gasteiger charge is 2.14. The summed E-state index contributed by atoms with van der Waals surface area (Å²) in [6.45, 7) is 0.683. The summed E-state index contributed by atoms with van der Waals surface area (Å²) < 4.78 is 5.59. The minimum atomic E-state index is 0.0404. The van der Waals surface area contributed by atoms with E-state index >= 15 is 0 Å². The second-order valence-electron chi connectivity index (χ2n) is 4.50. The monoisotopic (exact) mass is 222 g/mol. The van der Waals surface area contributed by atoms with Crippen LogP contribution in [0.5, 0.6) is 17.2 Å². The minimum absolute atomic E-state index is 0.0404. The molecule has 3 heteroatoms. The van der Waals surface area contributed by atoms with Gasteiger partial charge >= 0.3 is 0 Å². The second kappa shape index (κ2) is 5.10. The third-order valence-corrected chi connectivity index (χ3v) is 3.09. The predicted octanol–water partition coefficient (Wildman–Crippen LogP) is 3.06. The Bertz CT molecular complexity index is 323. The van der Waals surface area contributed by atoms with Gasteiger partial charge in [0.1, 0.15) is 17.2 Å². The van der Waals surface area contributed by atoms with Crippen LogP contribution in [0, 0.1) is 5.92 Å². The zero-order valence-electron chi connectivity index (χ0n) is 9.35. The molecule has 0 spiro atoms. The topological polar surface area (TPSA) is 49.7 Å². The van der Waals surface area contributed by atoms with Crippen molar-refractivity contribution in [2.45, 2.75) is 32.1 Å². The number of benzene rings is 1. The van der Waals surface area contributed by atoms with Crippen molar-refractivity contribution in [3.63, 3.8) is 0 Å². The maximum Gasteiger partial charge on any atom is 0.126 e. The Balaban J connectivity index is 1.88. The minimum Gasteiger partial charge on any atom is -0.508 e. The van der Waals surface area contributed by atoms with E-state index in [0.29, 0.717) is 18.3 Å². The van der Waals surface area contributed by atoms with Gasteiger partial charge in [0.15, 0.2) is 0 Å². The van der Waals surface area contributed by atoms with Gasteiger partial charge in [-0.25, -0.2) is 0 Å². The molecule has 1 aliphatic carbocycles. The Hall–Kier alpha value is -1.38. The van der Waals surface area contributed by atoms with Crippen molar-refractivity contribution in [1.82, 2.24) is 0 Å². The van der Waals surface area contributed by atoms with E-state index in [4.69, 9.17) is 4.74 Å². The molecule has 0 aliphatic heterocycles. The third kappa shape index (κ3) is 3.05. The number of hydrogen-bond acceptors (Lipinski definition) is 3. The van der Waals surface area contributed by atoms with Gasteiger partial charge in [-0.1, -0.05) is 19.3 Å². The fraction of sp³-hybridized carbons (Fsp3) is 0.538. The normalized spacial score (nSPS) is 17.2. The van der Waals surface area contributed by atoms with E-state index < -0.39 is 0 Å². The summed E-state index contributed by atoms with van der Waals surface area (Å²) in [5.41, 5.74) is 0. The van der Waals surface area contributed by atoms with Crippen molar-refractivity contribution in [2.24, 2.45) is 5.92 Å². The van der Waals surface area contributed by atoms with Crippen molar-refractivity contribution in [1.29, 1.82) is 0 Å².